The van der Waals surface area contributed by atoms with E-state index in [0.717, 1.165) is 5.56 Å². The smallest absolute Gasteiger partial charge is 0.266 e. The van der Waals surface area contributed by atoms with E-state index in [4.69, 9.17) is 55.9 Å². The lowest BCUT2D eigenvalue weighted by molar-refractivity contribution is -0.112. The van der Waals surface area contributed by atoms with Gasteiger partial charge in [0.2, 0.25) is 0 Å². The van der Waals surface area contributed by atoms with Gasteiger partial charge in [-0.2, -0.15) is 5.26 Å². The van der Waals surface area contributed by atoms with Gasteiger partial charge in [-0.05, 0) is 73.0 Å². The van der Waals surface area contributed by atoms with Gasteiger partial charge in [-0.1, -0.05) is 58.5 Å². The van der Waals surface area contributed by atoms with Gasteiger partial charge in [0.25, 0.3) is 5.91 Å². The first kappa shape index (κ1) is 26.7. The second kappa shape index (κ2) is 12.2. The number of amides is 1. The van der Waals surface area contributed by atoms with E-state index >= 15 is 0 Å². The summed E-state index contributed by atoms with van der Waals surface area (Å²) >= 11 is 24.6. The summed E-state index contributed by atoms with van der Waals surface area (Å²) in [5, 5.41) is 13.9. The van der Waals surface area contributed by atoms with Crippen molar-refractivity contribution in [2.24, 2.45) is 0 Å². The Kier molecular flexibility index (Phi) is 9.31. The quantitative estimate of drug-likeness (QED) is 0.227. The van der Waals surface area contributed by atoms with Crippen LogP contribution in [0.5, 0.6) is 11.5 Å². The monoisotopic (exact) mass is 548 g/mol. The molecule has 0 saturated carbocycles. The maximum Gasteiger partial charge on any atom is 0.266 e. The summed E-state index contributed by atoms with van der Waals surface area (Å²) in [6.07, 6.45) is 1.42. The zero-order valence-corrected chi connectivity index (χ0v) is 21.8. The molecule has 0 fully saturated rings. The van der Waals surface area contributed by atoms with E-state index in [9.17, 15) is 10.1 Å². The molecule has 0 radical (unpaired) electrons. The standard InChI is InChI=1S/C26H20Cl4N2O3/c1-3-34-24-12-17(9-18(13-31)26(33)32-23-6-4-5-19(27)15(23)2)11-22(30)25(24)35-14-16-7-8-20(28)21(29)10-16/h4-12H,3,14H2,1-2H3,(H,32,33)/b18-9+. The Bertz CT molecular complexity index is 1330. The summed E-state index contributed by atoms with van der Waals surface area (Å²) in [4.78, 5) is 12.7. The molecule has 3 aromatic carbocycles. The first-order chi connectivity index (χ1) is 16.7. The predicted octanol–water partition coefficient (Wildman–Crippen LogP) is 8.13. The van der Waals surface area contributed by atoms with Crippen LogP contribution in [0.25, 0.3) is 6.08 Å². The number of hydrogen-bond acceptors (Lipinski definition) is 4. The SMILES string of the molecule is CCOc1cc(/C=C(\C#N)C(=O)Nc2cccc(Cl)c2C)cc(Cl)c1OCc1ccc(Cl)c(Cl)c1. The van der Waals surface area contributed by atoms with Gasteiger partial charge in [0.05, 0.1) is 21.7 Å². The lowest BCUT2D eigenvalue weighted by Gasteiger charge is -2.15. The molecule has 0 aliphatic rings. The highest BCUT2D eigenvalue weighted by Gasteiger charge is 2.16. The highest BCUT2D eigenvalue weighted by atomic mass is 35.5. The number of benzene rings is 3. The van der Waals surface area contributed by atoms with Crippen molar-refractivity contribution < 1.29 is 14.3 Å². The summed E-state index contributed by atoms with van der Waals surface area (Å²) in [5.41, 5.74) is 2.39. The number of halogens is 4. The van der Waals surface area contributed by atoms with Gasteiger partial charge in [0.1, 0.15) is 18.2 Å². The fourth-order valence-corrected chi connectivity index (χ4v) is 3.88. The van der Waals surface area contributed by atoms with Crippen molar-refractivity contribution >= 4 is 64.1 Å². The molecule has 0 bridgehead atoms. The molecular formula is C26H20Cl4N2O3. The molecular weight excluding hydrogens is 530 g/mol. The molecule has 0 heterocycles. The Morgan fingerprint density at radius 3 is 2.46 bits per heavy atom. The lowest BCUT2D eigenvalue weighted by Crippen LogP contribution is -2.14. The van der Waals surface area contributed by atoms with Crippen molar-refractivity contribution in [1.29, 1.82) is 5.26 Å². The van der Waals surface area contributed by atoms with Gasteiger partial charge < -0.3 is 14.8 Å². The average molecular weight is 550 g/mol. The molecule has 3 rings (SSSR count). The van der Waals surface area contributed by atoms with Gasteiger partial charge >= 0.3 is 0 Å². The molecule has 1 N–H and O–H groups in total. The minimum atomic E-state index is -0.577. The van der Waals surface area contributed by atoms with Crippen LogP contribution in [-0.2, 0) is 11.4 Å². The van der Waals surface area contributed by atoms with Crippen molar-refractivity contribution in [2.75, 3.05) is 11.9 Å². The molecule has 0 spiro atoms. The van der Waals surface area contributed by atoms with Crippen LogP contribution in [0.15, 0.2) is 54.1 Å². The van der Waals surface area contributed by atoms with Crippen molar-refractivity contribution in [1.82, 2.24) is 0 Å². The Balaban J connectivity index is 1.86. The maximum absolute atomic E-state index is 12.7. The summed E-state index contributed by atoms with van der Waals surface area (Å²) in [6.45, 7) is 4.13. The number of nitriles is 1. The van der Waals surface area contributed by atoms with Crippen LogP contribution in [0.1, 0.15) is 23.6 Å². The molecule has 180 valence electrons. The molecule has 3 aromatic rings. The maximum atomic E-state index is 12.7. The molecule has 0 saturated heterocycles. The molecule has 0 aliphatic carbocycles. The average Bonchev–Trinajstić information content (AvgIpc) is 2.82. The number of rotatable bonds is 8. The summed E-state index contributed by atoms with van der Waals surface area (Å²) < 4.78 is 11.6. The van der Waals surface area contributed by atoms with Gasteiger partial charge in [-0.25, -0.2) is 0 Å². The van der Waals surface area contributed by atoms with Crippen LogP contribution < -0.4 is 14.8 Å². The molecule has 35 heavy (non-hydrogen) atoms. The minimum Gasteiger partial charge on any atom is -0.490 e. The molecule has 0 aromatic heterocycles. The van der Waals surface area contributed by atoms with Crippen molar-refractivity contribution in [3.05, 3.63) is 90.9 Å². The van der Waals surface area contributed by atoms with Crippen LogP contribution in [0.2, 0.25) is 20.1 Å². The minimum absolute atomic E-state index is 0.118. The molecule has 0 aliphatic heterocycles. The van der Waals surface area contributed by atoms with Gasteiger partial charge in [0.15, 0.2) is 11.5 Å². The number of carbonyl (C=O) groups is 1. The summed E-state index contributed by atoms with van der Waals surface area (Å²) in [5.74, 6) is 0.121. The van der Waals surface area contributed by atoms with Crippen LogP contribution >= 0.6 is 46.4 Å². The molecule has 9 heteroatoms. The third-order valence-electron chi connectivity index (χ3n) is 4.89. The van der Waals surface area contributed by atoms with E-state index in [2.05, 4.69) is 5.32 Å². The van der Waals surface area contributed by atoms with E-state index in [1.165, 1.54) is 6.08 Å². The highest BCUT2D eigenvalue weighted by Crippen LogP contribution is 2.38. The number of nitrogens with zero attached hydrogens (tertiary/aromatic N) is 1. The van der Waals surface area contributed by atoms with Crippen LogP contribution in [-0.4, -0.2) is 12.5 Å². The Labute approximate surface area is 223 Å². The first-order valence-corrected chi connectivity index (χ1v) is 12.0. The van der Waals surface area contributed by atoms with Gasteiger partial charge in [-0.15, -0.1) is 0 Å². The number of nitrogens with one attached hydrogen (secondary N) is 1. The van der Waals surface area contributed by atoms with Gasteiger partial charge in [-0.3, -0.25) is 4.79 Å². The second-order valence-electron chi connectivity index (χ2n) is 7.34. The van der Waals surface area contributed by atoms with Crippen LogP contribution in [0, 0.1) is 18.3 Å². The van der Waals surface area contributed by atoms with Crippen molar-refractivity contribution in [3.8, 4) is 17.6 Å². The van der Waals surface area contributed by atoms with Crippen molar-refractivity contribution in [3.63, 3.8) is 0 Å². The number of hydrogen-bond donors (Lipinski definition) is 1. The lowest BCUT2D eigenvalue weighted by atomic mass is 10.1. The number of ether oxygens (including phenoxy) is 2. The third kappa shape index (κ3) is 6.84. The summed E-state index contributed by atoms with van der Waals surface area (Å²) in [6, 6.07) is 15.5. The highest BCUT2D eigenvalue weighted by molar-refractivity contribution is 6.42. The Morgan fingerprint density at radius 1 is 1.00 bits per heavy atom. The molecule has 5 nitrogen and oxygen atoms in total. The largest absolute Gasteiger partial charge is 0.490 e. The van der Waals surface area contributed by atoms with Crippen molar-refractivity contribution in [2.45, 2.75) is 20.5 Å². The predicted molar refractivity (Wildman–Crippen MR) is 142 cm³/mol. The Morgan fingerprint density at radius 2 is 1.77 bits per heavy atom. The van der Waals surface area contributed by atoms with Gasteiger partial charge in [0, 0.05) is 10.7 Å². The first-order valence-electron chi connectivity index (χ1n) is 10.4. The van der Waals surface area contributed by atoms with Crippen LogP contribution in [0.3, 0.4) is 0 Å². The molecule has 0 unspecified atom stereocenters. The second-order valence-corrected chi connectivity index (χ2v) is 8.97. The van der Waals surface area contributed by atoms with E-state index in [0.29, 0.717) is 50.0 Å². The van der Waals surface area contributed by atoms with E-state index in [1.54, 1.807) is 55.5 Å². The van der Waals surface area contributed by atoms with E-state index < -0.39 is 5.91 Å². The third-order valence-corrected chi connectivity index (χ3v) is 6.32. The molecule has 1 amide bonds. The molecule has 0 atom stereocenters. The normalized spacial score (nSPS) is 11.1. The fourth-order valence-electron chi connectivity index (χ4n) is 3.11. The fraction of sp³-hybridized carbons (Fsp3) is 0.154. The number of anilines is 1. The van der Waals surface area contributed by atoms with E-state index in [1.807, 2.05) is 13.0 Å². The van der Waals surface area contributed by atoms with Crippen LogP contribution in [0.4, 0.5) is 5.69 Å². The Hall–Kier alpha value is -2.88. The zero-order valence-electron chi connectivity index (χ0n) is 18.8. The van der Waals surface area contributed by atoms with E-state index in [-0.39, 0.29) is 17.2 Å². The summed E-state index contributed by atoms with van der Waals surface area (Å²) in [7, 11) is 0. The topological polar surface area (TPSA) is 71.3 Å². The number of carbonyl (C=O) groups excluding carboxylic acids is 1. The zero-order chi connectivity index (χ0) is 25.5.